The molecule has 0 radical (unpaired) electrons. The lowest BCUT2D eigenvalue weighted by Gasteiger charge is -2.20. The number of hydrogen-bond donors (Lipinski definition) is 2. The first-order valence-electron chi connectivity index (χ1n) is 12.1. The Morgan fingerprint density at radius 2 is 1.94 bits per heavy atom. The molecule has 1 fully saturated rings. The molecule has 0 bridgehead atoms. The zero-order chi connectivity index (χ0) is 24.3. The van der Waals surface area contributed by atoms with Gasteiger partial charge in [-0.1, -0.05) is 26.8 Å². The molecule has 0 unspecified atom stereocenters. The van der Waals surface area contributed by atoms with E-state index in [2.05, 4.69) is 37.7 Å². The van der Waals surface area contributed by atoms with E-state index in [0.717, 1.165) is 43.7 Å². The first kappa shape index (κ1) is 21.9. The van der Waals surface area contributed by atoms with E-state index in [4.69, 9.17) is 0 Å². The van der Waals surface area contributed by atoms with Gasteiger partial charge in [-0.2, -0.15) is 4.98 Å². The Kier molecular flexibility index (Phi) is 5.00. The second-order valence-corrected chi connectivity index (χ2v) is 10.4. The van der Waals surface area contributed by atoms with Crippen molar-refractivity contribution in [2.45, 2.75) is 58.0 Å². The quantitative estimate of drug-likeness (QED) is 0.463. The van der Waals surface area contributed by atoms with Crippen molar-refractivity contribution in [2.75, 3.05) is 11.9 Å². The normalized spacial score (nSPS) is 15.9. The monoisotopic (exact) mass is 473 g/mol. The zero-order valence-corrected chi connectivity index (χ0v) is 20.1. The number of nitrogens with one attached hydrogen (secondary N) is 2. The van der Waals surface area contributed by atoms with E-state index in [1.54, 1.807) is 15.4 Å². The van der Waals surface area contributed by atoms with Crippen molar-refractivity contribution in [1.82, 2.24) is 29.6 Å². The molecule has 6 rings (SSSR count). The van der Waals surface area contributed by atoms with Gasteiger partial charge in [-0.25, -0.2) is 23.7 Å². The van der Waals surface area contributed by atoms with E-state index < -0.39 is 5.82 Å². The third kappa shape index (κ3) is 3.89. The molecule has 1 saturated carbocycles. The van der Waals surface area contributed by atoms with Crippen molar-refractivity contribution >= 4 is 22.7 Å². The number of fused-ring (bicyclic) bond motifs is 2. The maximum absolute atomic E-state index is 15.2. The van der Waals surface area contributed by atoms with E-state index >= 15 is 4.39 Å². The third-order valence-electron chi connectivity index (χ3n) is 6.66. The van der Waals surface area contributed by atoms with Gasteiger partial charge in [0, 0.05) is 29.5 Å². The summed E-state index contributed by atoms with van der Waals surface area (Å²) in [5, 5.41) is 6.99. The van der Waals surface area contributed by atoms with Crippen LogP contribution in [0.25, 0.3) is 16.9 Å². The highest BCUT2D eigenvalue weighted by molar-refractivity contribution is 5.77. The second kappa shape index (κ2) is 7.98. The predicted molar refractivity (Wildman–Crippen MR) is 133 cm³/mol. The largest absolute Gasteiger partial charge is 0.324 e. The molecule has 1 aliphatic heterocycles. The SMILES string of the molecule is CC(C)(C)c1ccc(F)c(-n2c3nc(Nc4ccc5c(c4)CCNC5)ncc3c(=O)n2C2CC2)n1. The van der Waals surface area contributed by atoms with Crippen molar-refractivity contribution in [3.05, 3.63) is 69.5 Å². The van der Waals surface area contributed by atoms with Crippen LogP contribution >= 0.6 is 0 Å². The maximum Gasteiger partial charge on any atom is 0.278 e. The minimum atomic E-state index is -0.499. The lowest BCUT2D eigenvalue weighted by Crippen LogP contribution is -2.24. The highest BCUT2D eigenvalue weighted by Gasteiger charge is 2.32. The van der Waals surface area contributed by atoms with Crippen LogP contribution in [0.1, 0.15) is 56.5 Å². The summed E-state index contributed by atoms with van der Waals surface area (Å²) in [6.45, 7) is 7.89. The van der Waals surface area contributed by atoms with Crippen LogP contribution in [0.3, 0.4) is 0 Å². The molecule has 4 aromatic rings. The Labute approximate surface area is 202 Å². The summed E-state index contributed by atoms with van der Waals surface area (Å²) in [6, 6.07) is 9.31. The van der Waals surface area contributed by atoms with E-state index in [1.165, 1.54) is 23.4 Å². The van der Waals surface area contributed by atoms with Crippen LogP contribution in [0.4, 0.5) is 16.0 Å². The van der Waals surface area contributed by atoms with Gasteiger partial charge >= 0.3 is 0 Å². The fourth-order valence-corrected chi connectivity index (χ4v) is 4.59. The van der Waals surface area contributed by atoms with Crippen LogP contribution in [0.15, 0.2) is 41.3 Å². The van der Waals surface area contributed by atoms with E-state index in [-0.39, 0.29) is 22.8 Å². The van der Waals surface area contributed by atoms with E-state index in [1.807, 2.05) is 26.8 Å². The Bertz CT molecular complexity index is 1510. The van der Waals surface area contributed by atoms with Crippen LogP contribution in [0.2, 0.25) is 0 Å². The minimum absolute atomic E-state index is 0.00172. The molecular weight excluding hydrogens is 445 g/mol. The van der Waals surface area contributed by atoms with Gasteiger partial charge in [-0.3, -0.25) is 4.79 Å². The van der Waals surface area contributed by atoms with Crippen molar-refractivity contribution in [1.29, 1.82) is 0 Å². The number of pyridine rings is 1. The molecule has 0 saturated heterocycles. The average molecular weight is 474 g/mol. The number of anilines is 2. The molecule has 9 heteroatoms. The van der Waals surface area contributed by atoms with Gasteiger partial charge in [-0.05, 0) is 61.2 Å². The van der Waals surface area contributed by atoms with Gasteiger partial charge in [0.25, 0.3) is 5.56 Å². The summed E-state index contributed by atoms with van der Waals surface area (Å²) in [6.07, 6.45) is 4.21. The molecule has 0 amide bonds. The number of nitrogens with zero attached hydrogens (tertiary/aromatic N) is 5. The molecule has 4 heterocycles. The summed E-state index contributed by atoms with van der Waals surface area (Å²) in [5.74, 6) is -0.0662. The first-order chi connectivity index (χ1) is 16.8. The molecular formula is C26H28FN7O. The fraction of sp³-hybridized carbons (Fsp3) is 0.385. The predicted octanol–water partition coefficient (Wildman–Crippen LogP) is 4.14. The molecule has 3 aromatic heterocycles. The van der Waals surface area contributed by atoms with E-state index in [0.29, 0.717) is 17.0 Å². The topological polar surface area (TPSA) is 89.7 Å². The van der Waals surface area contributed by atoms with Gasteiger partial charge in [0.1, 0.15) is 5.39 Å². The molecule has 1 aliphatic carbocycles. The summed E-state index contributed by atoms with van der Waals surface area (Å²) in [7, 11) is 0. The van der Waals surface area contributed by atoms with Gasteiger partial charge in [0.2, 0.25) is 5.95 Å². The van der Waals surface area contributed by atoms with Gasteiger partial charge < -0.3 is 10.6 Å². The number of hydrogen-bond acceptors (Lipinski definition) is 6. The number of halogens is 1. The van der Waals surface area contributed by atoms with Crippen LogP contribution in [-0.2, 0) is 18.4 Å². The number of benzene rings is 1. The van der Waals surface area contributed by atoms with Crippen molar-refractivity contribution < 1.29 is 4.39 Å². The Morgan fingerprint density at radius 3 is 2.71 bits per heavy atom. The second-order valence-electron chi connectivity index (χ2n) is 10.4. The van der Waals surface area contributed by atoms with Gasteiger partial charge in [-0.15, -0.1) is 0 Å². The number of aromatic nitrogens is 5. The lowest BCUT2D eigenvalue weighted by atomic mass is 9.92. The Morgan fingerprint density at radius 1 is 1.11 bits per heavy atom. The van der Waals surface area contributed by atoms with Crippen LogP contribution in [0.5, 0.6) is 0 Å². The molecule has 0 spiro atoms. The Balaban J connectivity index is 1.49. The smallest absolute Gasteiger partial charge is 0.278 e. The highest BCUT2D eigenvalue weighted by atomic mass is 19.1. The van der Waals surface area contributed by atoms with Gasteiger partial charge in [0.15, 0.2) is 17.3 Å². The highest BCUT2D eigenvalue weighted by Crippen LogP contribution is 2.36. The number of rotatable bonds is 4. The molecule has 2 aliphatic rings. The standard InChI is InChI=1S/C26H28FN7O/c1-26(2,3)21-9-8-20(27)23(31-21)34-22-19(24(35)33(34)18-6-7-18)14-29-25(32-22)30-17-5-4-16-13-28-11-10-15(16)12-17/h4-5,8-9,12,14,18,28H,6-7,10-11,13H2,1-3H3,(H,29,30,32). The van der Waals surface area contributed by atoms with E-state index in [9.17, 15) is 4.79 Å². The van der Waals surface area contributed by atoms with Crippen LogP contribution < -0.4 is 16.2 Å². The van der Waals surface area contributed by atoms with Crippen molar-refractivity contribution in [3.63, 3.8) is 0 Å². The van der Waals surface area contributed by atoms with Crippen molar-refractivity contribution in [3.8, 4) is 5.82 Å². The third-order valence-corrected chi connectivity index (χ3v) is 6.66. The summed E-state index contributed by atoms with van der Waals surface area (Å²) in [4.78, 5) is 27.1. The summed E-state index contributed by atoms with van der Waals surface area (Å²) in [5.41, 5.74) is 4.03. The van der Waals surface area contributed by atoms with Gasteiger partial charge in [0.05, 0.1) is 6.04 Å². The first-order valence-corrected chi connectivity index (χ1v) is 12.1. The summed E-state index contributed by atoms with van der Waals surface area (Å²) < 4.78 is 18.3. The lowest BCUT2D eigenvalue weighted by molar-refractivity contribution is 0.509. The molecule has 2 N–H and O–H groups in total. The Hall–Kier alpha value is -3.59. The van der Waals surface area contributed by atoms with Crippen molar-refractivity contribution in [2.24, 2.45) is 0 Å². The zero-order valence-electron chi connectivity index (χ0n) is 20.1. The van der Waals surface area contributed by atoms with Crippen LogP contribution in [0, 0.1) is 5.82 Å². The van der Waals surface area contributed by atoms with Crippen LogP contribution in [-0.4, -0.2) is 30.9 Å². The molecule has 8 nitrogen and oxygen atoms in total. The average Bonchev–Trinajstić information content (AvgIpc) is 3.63. The molecule has 35 heavy (non-hydrogen) atoms. The molecule has 0 atom stereocenters. The fourth-order valence-electron chi connectivity index (χ4n) is 4.59. The molecule has 1 aromatic carbocycles. The molecule has 180 valence electrons. The minimum Gasteiger partial charge on any atom is -0.324 e. The summed E-state index contributed by atoms with van der Waals surface area (Å²) >= 11 is 0. The maximum atomic E-state index is 15.2.